The molecule has 4 heteroatoms. The molecule has 1 atom stereocenters. The van der Waals surface area contributed by atoms with Gasteiger partial charge in [-0.1, -0.05) is 6.92 Å². The van der Waals surface area contributed by atoms with Crippen molar-refractivity contribution in [1.29, 1.82) is 0 Å². The third kappa shape index (κ3) is 4.11. The summed E-state index contributed by atoms with van der Waals surface area (Å²) in [5.74, 6) is 0. The molecule has 0 saturated carbocycles. The lowest BCUT2D eigenvalue weighted by atomic mass is 10.1. The van der Waals surface area contributed by atoms with Crippen molar-refractivity contribution in [3.05, 3.63) is 15.9 Å². The molecule has 0 aliphatic rings. The van der Waals surface area contributed by atoms with Gasteiger partial charge in [0.1, 0.15) is 0 Å². The van der Waals surface area contributed by atoms with Gasteiger partial charge >= 0.3 is 0 Å². The standard InChI is InChI=1S/C13H24BrN3/c1-5-9-15-10(3)7-8-12-13(14)11(4)16-17(12)6-2/h10,15H,5-9H2,1-4H3. The van der Waals surface area contributed by atoms with E-state index in [1.54, 1.807) is 0 Å². The first-order valence-electron chi connectivity index (χ1n) is 6.55. The lowest BCUT2D eigenvalue weighted by Crippen LogP contribution is -2.27. The smallest absolute Gasteiger partial charge is 0.0738 e. The van der Waals surface area contributed by atoms with Crippen LogP contribution >= 0.6 is 15.9 Å². The second kappa shape index (κ2) is 7.17. The van der Waals surface area contributed by atoms with Gasteiger partial charge in [-0.15, -0.1) is 0 Å². The van der Waals surface area contributed by atoms with E-state index in [9.17, 15) is 0 Å². The van der Waals surface area contributed by atoms with Gasteiger partial charge < -0.3 is 5.32 Å². The van der Waals surface area contributed by atoms with Gasteiger partial charge in [0, 0.05) is 12.6 Å². The lowest BCUT2D eigenvalue weighted by molar-refractivity contribution is 0.500. The van der Waals surface area contributed by atoms with Crippen molar-refractivity contribution in [1.82, 2.24) is 15.1 Å². The largest absolute Gasteiger partial charge is 0.314 e. The van der Waals surface area contributed by atoms with Gasteiger partial charge in [-0.2, -0.15) is 5.10 Å². The van der Waals surface area contributed by atoms with Crippen LogP contribution < -0.4 is 5.32 Å². The van der Waals surface area contributed by atoms with Crippen LogP contribution in [0, 0.1) is 6.92 Å². The average Bonchev–Trinajstić information content (AvgIpc) is 2.60. The quantitative estimate of drug-likeness (QED) is 0.837. The van der Waals surface area contributed by atoms with E-state index in [1.807, 2.05) is 0 Å². The van der Waals surface area contributed by atoms with Crippen LogP contribution in [0.5, 0.6) is 0 Å². The molecular weight excluding hydrogens is 278 g/mol. The van der Waals surface area contributed by atoms with Gasteiger partial charge in [-0.05, 0) is 62.5 Å². The minimum atomic E-state index is 0.572. The monoisotopic (exact) mass is 301 g/mol. The average molecular weight is 302 g/mol. The molecule has 0 aromatic carbocycles. The van der Waals surface area contributed by atoms with Gasteiger partial charge in [0.25, 0.3) is 0 Å². The first-order chi connectivity index (χ1) is 8.10. The first kappa shape index (κ1) is 14.7. The van der Waals surface area contributed by atoms with E-state index < -0.39 is 0 Å². The Bertz CT molecular complexity index is 347. The highest BCUT2D eigenvalue weighted by Crippen LogP contribution is 2.22. The maximum absolute atomic E-state index is 4.52. The fraction of sp³-hybridized carbons (Fsp3) is 0.769. The van der Waals surface area contributed by atoms with Gasteiger partial charge in [0.2, 0.25) is 0 Å². The Balaban J connectivity index is 2.56. The van der Waals surface area contributed by atoms with Gasteiger partial charge in [0.05, 0.1) is 15.9 Å². The molecule has 98 valence electrons. The fourth-order valence-electron chi connectivity index (χ4n) is 1.95. The Morgan fingerprint density at radius 2 is 2.12 bits per heavy atom. The lowest BCUT2D eigenvalue weighted by Gasteiger charge is -2.13. The summed E-state index contributed by atoms with van der Waals surface area (Å²) in [6, 6.07) is 0.572. The molecular formula is C13H24BrN3. The zero-order valence-electron chi connectivity index (χ0n) is 11.4. The van der Waals surface area contributed by atoms with Crippen LogP contribution in [0.2, 0.25) is 0 Å². The van der Waals surface area contributed by atoms with E-state index in [2.05, 4.69) is 58.7 Å². The number of rotatable bonds is 7. The minimum Gasteiger partial charge on any atom is -0.314 e. The zero-order chi connectivity index (χ0) is 12.8. The fourth-order valence-corrected chi connectivity index (χ4v) is 2.44. The molecule has 1 N–H and O–H groups in total. The number of nitrogens with one attached hydrogen (secondary N) is 1. The van der Waals surface area contributed by atoms with Crippen LogP contribution in [0.4, 0.5) is 0 Å². The molecule has 0 radical (unpaired) electrons. The number of aromatic nitrogens is 2. The highest BCUT2D eigenvalue weighted by atomic mass is 79.9. The maximum Gasteiger partial charge on any atom is 0.0738 e. The van der Waals surface area contributed by atoms with E-state index in [0.717, 1.165) is 31.6 Å². The minimum absolute atomic E-state index is 0.572. The Hall–Kier alpha value is -0.350. The Morgan fingerprint density at radius 1 is 1.41 bits per heavy atom. The van der Waals surface area contributed by atoms with Crippen molar-refractivity contribution >= 4 is 15.9 Å². The van der Waals surface area contributed by atoms with E-state index in [0.29, 0.717) is 6.04 Å². The molecule has 17 heavy (non-hydrogen) atoms. The SMILES string of the molecule is CCCNC(C)CCc1c(Br)c(C)nn1CC. The van der Waals surface area contributed by atoms with Crippen molar-refractivity contribution < 1.29 is 0 Å². The van der Waals surface area contributed by atoms with Crippen LogP contribution in [-0.4, -0.2) is 22.4 Å². The summed E-state index contributed by atoms with van der Waals surface area (Å²) in [6.07, 6.45) is 3.43. The predicted octanol–water partition coefficient (Wildman–Crippen LogP) is 3.29. The highest BCUT2D eigenvalue weighted by molar-refractivity contribution is 9.10. The molecule has 0 saturated heterocycles. The van der Waals surface area contributed by atoms with E-state index >= 15 is 0 Å². The summed E-state index contributed by atoms with van der Waals surface area (Å²) in [7, 11) is 0. The Morgan fingerprint density at radius 3 is 2.71 bits per heavy atom. The summed E-state index contributed by atoms with van der Waals surface area (Å²) in [5, 5.41) is 8.04. The van der Waals surface area contributed by atoms with Crippen molar-refractivity contribution in [3.63, 3.8) is 0 Å². The molecule has 1 rings (SSSR count). The van der Waals surface area contributed by atoms with E-state index in [-0.39, 0.29) is 0 Å². The number of hydrogen-bond donors (Lipinski definition) is 1. The molecule has 0 aliphatic heterocycles. The first-order valence-corrected chi connectivity index (χ1v) is 7.34. The Labute approximate surface area is 113 Å². The van der Waals surface area contributed by atoms with Gasteiger partial charge in [-0.3, -0.25) is 4.68 Å². The van der Waals surface area contributed by atoms with Crippen LogP contribution in [-0.2, 0) is 13.0 Å². The summed E-state index contributed by atoms with van der Waals surface area (Å²) in [5.41, 5.74) is 2.42. The van der Waals surface area contributed by atoms with Crippen molar-refractivity contribution in [3.8, 4) is 0 Å². The molecule has 0 bridgehead atoms. The van der Waals surface area contributed by atoms with Crippen molar-refractivity contribution in [2.45, 2.75) is 59.5 Å². The third-order valence-corrected chi connectivity index (χ3v) is 4.04. The molecule has 0 fully saturated rings. The molecule has 3 nitrogen and oxygen atoms in total. The summed E-state index contributed by atoms with van der Waals surface area (Å²) in [6.45, 7) is 10.7. The molecule has 0 aliphatic carbocycles. The van der Waals surface area contributed by atoms with Crippen molar-refractivity contribution in [2.75, 3.05) is 6.54 Å². The number of hydrogen-bond acceptors (Lipinski definition) is 2. The van der Waals surface area contributed by atoms with Crippen LogP contribution in [0.25, 0.3) is 0 Å². The summed E-state index contributed by atoms with van der Waals surface area (Å²) < 4.78 is 3.29. The summed E-state index contributed by atoms with van der Waals surface area (Å²) in [4.78, 5) is 0. The molecule has 1 aromatic heterocycles. The van der Waals surface area contributed by atoms with Gasteiger partial charge in [0.15, 0.2) is 0 Å². The Kier molecular flexibility index (Phi) is 6.20. The van der Waals surface area contributed by atoms with E-state index in [4.69, 9.17) is 0 Å². The highest BCUT2D eigenvalue weighted by Gasteiger charge is 2.12. The molecule has 0 spiro atoms. The molecule has 1 aromatic rings. The number of nitrogens with zero attached hydrogens (tertiary/aromatic N) is 2. The van der Waals surface area contributed by atoms with Crippen LogP contribution in [0.1, 0.15) is 45.0 Å². The van der Waals surface area contributed by atoms with E-state index in [1.165, 1.54) is 16.6 Å². The molecule has 1 unspecified atom stereocenters. The topological polar surface area (TPSA) is 29.9 Å². The summed E-state index contributed by atoms with van der Waals surface area (Å²) >= 11 is 3.64. The number of aryl methyl sites for hydroxylation is 2. The van der Waals surface area contributed by atoms with Crippen molar-refractivity contribution in [2.24, 2.45) is 0 Å². The zero-order valence-corrected chi connectivity index (χ0v) is 13.0. The second-order valence-electron chi connectivity index (χ2n) is 4.56. The molecule has 1 heterocycles. The second-order valence-corrected chi connectivity index (χ2v) is 5.35. The molecule has 0 amide bonds. The van der Waals surface area contributed by atoms with Gasteiger partial charge in [-0.25, -0.2) is 0 Å². The maximum atomic E-state index is 4.52. The number of halogens is 1. The van der Waals surface area contributed by atoms with Crippen LogP contribution in [0.15, 0.2) is 4.47 Å². The predicted molar refractivity (Wildman–Crippen MR) is 76.4 cm³/mol. The third-order valence-electron chi connectivity index (χ3n) is 3.01. The normalized spacial score (nSPS) is 13.0. The van der Waals surface area contributed by atoms with Crippen LogP contribution in [0.3, 0.4) is 0 Å².